The van der Waals surface area contributed by atoms with Gasteiger partial charge in [0.05, 0.1) is 0 Å². The molecule has 1 unspecified atom stereocenters. The van der Waals surface area contributed by atoms with Crippen LogP contribution in [-0.2, 0) is 4.79 Å². The number of hydrogen-bond acceptors (Lipinski definition) is 2. The third-order valence-electron chi connectivity index (χ3n) is 4.85. The molecule has 0 aliphatic rings. The van der Waals surface area contributed by atoms with Gasteiger partial charge in [-0.15, -0.1) is 0 Å². The minimum Gasteiger partial charge on any atom is -0.544 e. The Bertz CT molecular complexity index is 446. The number of carbonyl (C=O) groups is 1. The van der Waals surface area contributed by atoms with Gasteiger partial charge in [-0.25, -0.2) is 0 Å². The molecule has 1 aromatic carbocycles. The number of carbonyl (C=O) groups excluding carboxylic acids is 1. The molecule has 0 bridgehead atoms. The van der Waals surface area contributed by atoms with Crippen molar-refractivity contribution in [2.45, 2.75) is 90.0 Å². The van der Waals surface area contributed by atoms with Crippen molar-refractivity contribution in [2.75, 3.05) is 0 Å². The van der Waals surface area contributed by atoms with Crippen LogP contribution < -0.4 is 10.4 Å². The number of benzene rings is 1. The molecule has 0 amide bonds. The molecule has 3 heteroatoms. The lowest BCUT2D eigenvalue weighted by Gasteiger charge is -2.32. The fourth-order valence-electron chi connectivity index (χ4n) is 3.31. The highest BCUT2D eigenvalue weighted by molar-refractivity contribution is 5.74. The molecule has 0 saturated carbocycles. The molecule has 1 aromatic rings. The first-order valence-electron chi connectivity index (χ1n) is 9.77. The molecule has 3 nitrogen and oxygen atoms in total. The molecule has 0 aromatic heterocycles. The molecule has 0 heterocycles. The summed E-state index contributed by atoms with van der Waals surface area (Å²) < 4.78 is 0. The maximum atomic E-state index is 12.1. The molecule has 0 fully saturated rings. The molecule has 1 rings (SSSR count). The van der Waals surface area contributed by atoms with Crippen LogP contribution >= 0.6 is 0 Å². The van der Waals surface area contributed by atoms with Crippen LogP contribution in [0.1, 0.15) is 84.5 Å². The normalized spacial score (nSPS) is 13.6. The Labute approximate surface area is 147 Å². The summed E-state index contributed by atoms with van der Waals surface area (Å²) >= 11 is 0. The zero-order chi connectivity index (χ0) is 17.7. The van der Waals surface area contributed by atoms with Crippen molar-refractivity contribution in [3.05, 3.63) is 30.3 Å². The number of nitrogens with two attached hydrogens (primary N) is 1. The maximum absolute atomic E-state index is 12.1. The van der Waals surface area contributed by atoms with E-state index in [4.69, 9.17) is 0 Å². The minimum atomic E-state index is -0.904. The summed E-state index contributed by atoms with van der Waals surface area (Å²) in [5.74, 6) is -0.904. The standard InChI is InChI=1S/C21H35NO2/c1-3-5-7-9-14-18-21(20(23)24,17-13-8-6-4-2)22-19-15-11-10-12-16-19/h10-12,15-16,22H,3-9,13-14,17-18H2,1-2H3,(H,23,24). The molecular formula is C21H35NO2. The predicted octanol–water partition coefficient (Wildman–Crippen LogP) is 3.70. The number of carboxylic acids is 1. The van der Waals surface area contributed by atoms with E-state index in [1.165, 1.54) is 25.7 Å². The largest absolute Gasteiger partial charge is 0.544 e. The van der Waals surface area contributed by atoms with Gasteiger partial charge in [0.25, 0.3) is 0 Å². The molecule has 24 heavy (non-hydrogen) atoms. The topological polar surface area (TPSA) is 56.7 Å². The molecule has 1 atom stereocenters. The average Bonchev–Trinajstić information content (AvgIpc) is 2.59. The fraction of sp³-hybridized carbons (Fsp3) is 0.667. The van der Waals surface area contributed by atoms with E-state index in [1.807, 2.05) is 35.6 Å². The zero-order valence-electron chi connectivity index (χ0n) is 15.6. The minimum absolute atomic E-state index is 0.692. The van der Waals surface area contributed by atoms with Crippen LogP contribution in [0.5, 0.6) is 0 Å². The Kier molecular flexibility index (Phi) is 10.4. The van der Waals surface area contributed by atoms with Gasteiger partial charge in [-0.3, -0.25) is 0 Å². The SMILES string of the molecule is CCCCCCCC(CCCCCC)([NH2+]c1ccccc1)C(=O)[O-]. The Morgan fingerprint density at radius 2 is 1.38 bits per heavy atom. The number of rotatable bonds is 14. The summed E-state index contributed by atoms with van der Waals surface area (Å²) in [6, 6.07) is 9.86. The van der Waals surface area contributed by atoms with E-state index < -0.39 is 11.5 Å². The number of quaternary nitrogens is 1. The number of aliphatic carboxylic acids is 1. The second-order valence-corrected chi connectivity index (χ2v) is 6.97. The average molecular weight is 334 g/mol. The van der Waals surface area contributed by atoms with E-state index in [9.17, 15) is 9.90 Å². The summed E-state index contributed by atoms with van der Waals surface area (Å²) in [5.41, 5.74) is 0.173. The Morgan fingerprint density at radius 3 is 1.88 bits per heavy atom. The van der Waals surface area contributed by atoms with Crippen LogP contribution in [0.2, 0.25) is 0 Å². The first-order chi connectivity index (χ1) is 11.6. The van der Waals surface area contributed by atoms with Gasteiger partial charge in [-0.05, 0) is 25.0 Å². The molecule has 0 saturated heterocycles. The molecule has 0 aliphatic carbocycles. The van der Waals surface area contributed by atoms with E-state index in [-0.39, 0.29) is 0 Å². The monoisotopic (exact) mass is 333 g/mol. The Balaban J connectivity index is 2.73. The quantitative estimate of drug-likeness (QED) is 0.417. The van der Waals surface area contributed by atoms with Crippen molar-refractivity contribution in [3.63, 3.8) is 0 Å². The van der Waals surface area contributed by atoms with E-state index in [0.29, 0.717) is 12.8 Å². The molecule has 2 N–H and O–H groups in total. The molecule has 0 radical (unpaired) electrons. The Hall–Kier alpha value is -1.35. The number of carboxylic acid groups (broad SMARTS) is 1. The third kappa shape index (κ3) is 7.48. The molecule has 136 valence electrons. The van der Waals surface area contributed by atoms with Crippen LogP contribution in [0.4, 0.5) is 5.69 Å². The Morgan fingerprint density at radius 1 is 0.875 bits per heavy atom. The maximum Gasteiger partial charge on any atom is 0.141 e. The number of para-hydroxylation sites is 1. The van der Waals surface area contributed by atoms with E-state index >= 15 is 0 Å². The van der Waals surface area contributed by atoms with Crippen molar-refractivity contribution in [1.82, 2.24) is 0 Å². The smallest absolute Gasteiger partial charge is 0.141 e. The van der Waals surface area contributed by atoms with Gasteiger partial charge >= 0.3 is 0 Å². The van der Waals surface area contributed by atoms with Gasteiger partial charge in [0.15, 0.2) is 0 Å². The lowest BCUT2D eigenvalue weighted by molar-refractivity contribution is -0.651. The van der Waals surface area contributed by atoms with Gasteiger partial charge in [-0.1, -0.05) is 77.0 Å². The lowest BCUT2D eigenvalue weighted by Crippen LogP contribution is -2.96. The van der Waals surface area contributed by atoms with Crippen LogP contribution in [0, 0.1) is 0 Å². The van der Waals surface area contributed by atoms with Crippen molar-refractivity contribution in [2.24, 2.45) is 0 Å². The summed E-state index contributed by atoms with van der Waals surface area (Å²) in [6.07, 6.45) is 11.5. The van der Waals surface area contributed by atoms with Crippen molar-refractivity contribution in [1.29, 1.82) is 0 Å². The second-order valence-electron chi connectivity index (χ2n) is 6.97. The second kappa shape index (κ2) is 12.1. The van der Waals surface area contributed by atoms with Crippen molar-refractivity contribution >= 4 is 11.7 Å². The summed E-state index contributed by atoms with van der Waals surface area (Å²) in [5, 5.41) is 14.0. The third-order valence-corrected chi connectivity index (χ3v) is 4.85. The van der Waals surface area contributed by atoms with E-state index in [1.54, 1.807) is 0 Å². The van der Waals surface area contributed by atoms with Gasteiger partial charge in [0.1, 0.15) is 17.2 Å². The van der Waals surface area contributed by atoms with Gasteiger partial charge in [0.2, 0.25) is 0 Å². The van der Waals surface area contributed by atoms with Gasteiger partial charge < -0.3 is 15.2 Å². The summed E-state index contributed by atoms with van der Waals surface area (Å²) in [6.45, 7) is 4.37. The zero-order valence-corrected chi connectivity index (χ0v) is 15.6. The predicted molar refractivity (Wildman–Crippen MR) is 97.9 cm³/mol. The van der Waals surface area contributed by atoms with Crippen molar-refractivity contribution in [3.8, 4) is 0 Å². The van der Waals surface area contributed by atoms with Gasteiger partial charge in [-0.2, -0.15) is 0 Å². The molecule has 0 aliphatic heterocycles. The van der Waals surface area contributed by atoms with Gasteiger partial charge in [0, 0.05) is 12.8 Å². The summed E-state index contributed by atoms with van der Waals surface area (Å²) in [7, 11) is 0. The lowest BCUT2D eigenvalue weighted by atomic mass is 9.85. The van der Waals surface area contributed by atoms with Crippen molar-refractivity contribution < 1.29 is 15.2 Å². The molecular weight excluding hydrogens is 298 g/mol. The highest BCUT2D eigenvalue weighted by Crippen LogP contribution is 2.21. The van der Waals surface area contributed by atoms with Crippen LogP contribution in [0.3, 0.4) is 0 Å². The first-order valence-corrected chi connectivity index (χ1v) is 9.77. The van der Waals surface area contributed by atoms with E-state index in [2.05, 4.69) is 13.8 Å². The first kappa shape index (κ1) is 20.7. The van der Waals surface area contributed by atoms with Crippen LogP contribution in [0.25, 0.3) is 0 Å². The summed E-state index contributed by atoms with van der Waals surface area (Å²) in [4.78, 5) is 12.1. The number of unbranched alkanes of at least 4 members (excludes halogenated alkanes) is 7. The molecule has 0 spiro atoms. The van der Waals surface area contributed by atoms with Crippen LogP contribution in [-0.4, -0.2) is 11.5 Å². The fourth-order valence-corrected chi connectivity index (χ4v) is 3.31. The highest BCUT2D eigenvalue weighted by Gasteiger charge is 2.35. The number of hydrogen-bond donors (Lipinski definition) is 1. The van der Waals surface area contributed by atoms with E-state index in [0.717, 1.165) is 37.8 Å². The van der Waals surface area contributed by atoms with Crippen LogP contribution in [0.15, 0.2) is 30.3 Å². The highest BCUT2D eigenvalue weighted by atomic mass is 16.4.